The first-order chi connectivity index (χ1) is 20.0. The Bertz CT molecular complexity index is 1470. The van der Waals surface area contributed by atoms with Gasteiger partial charge in [0.15, 0.2) is 0 Å². The number of halogens is 1. The van der Waals surface area contributed by atoms with Crippen LogP contribution in [0.2, 0.25) is 0 Å². The monoisotopic (exact) mass is 637 g/mol. The van der Waals surface area contributed by atoms with Gasteiger partial charge in [-0.05, 0) is 66.0 Å². The molecule has 0 saturated heterocycles. The third-order valence-corrected chi connectivity index (χ3v) is 6.85. The molecule has 0 saturated carbocycles. The lowest BCUT2D eigenvalue weighted by Crippen LogP contribution is -2.31. The molecule has 220 valence electrons. The fraction of sp³-hybridized carbons (Fsp3) is 0.241. The zero-order valence-corrected chi connectivity index (χ0v) is 25.1. The molecule has 0 unspecified atom stereocenters. The molecule has 4 rings (SSSR count). The normalized spacial score (nSPS) is 11.3. The summed E-state index contributed by atoms with van der Waals surface area (Å²) in [6.07, 6.45) is 2.40. The number of amides is 2. The number of nitrogens with zero attached hydrogens (tertiary/aromatic N) is 4. The quantitative estimate of drug-likeness (QED) is 0.0769. The Morgan fingerprint density at radius 2 is 1.69 bits per heavy atom. The van der Waals surface area contributed by atoms with Crippen LogP contribution in [0, 0.1) is 21.4 Å². The molecule has 0 bridgehead atoms. The van der Waals surface area contributed by atoms with Crippen molar-refractivity contribution in [2.24, 2.45) is 0 Å². The third-order valence-electron chi connectivity index (χ3n) is 6.20. The van der Waals surface area contributed by atoms with E-state index in [9.17, 15) is 19.7 Å². The largest absolute Gasteiger partial charge is 0.397 e. The van der Waals surface area contributed by atoms with Gasteiger partial charge in [-0.25, -0.2) is 0 Å². The second kappa shape index (κ2) is 15.7. The van der Waals surface area contributed by atoms with E-state index >= 15 is 0 Å². The van der Waals surface area contributed by atoms with E-state index in [-0.39, 0.29) is 28.8 Å². The molecule has 0 spiro atoms. The van der Waals surface area contributed by atoms with Crippen LogP contribution >= 0.6 is 15.9 Å². The van der Waals surface area contributed by atoms with Crippen LogP contribution in [0.15, 0.2) is 59.1 Å². The topological polar surface area (TPSA) is 189 Å². The molecule has 0 aromatic heterocycles. The molecule has 0 aliphatic carbocycles. The van der Waals surface area contributed by atoms with E-state index in [4.69, 9.17) is 21.5 Å². The Morgan fingerprint density at radius 1 is 1.10 bits per heavy atom. The molecular weight excluding hydrogens is 606 g/mol. The first kappa shape index (κ1) is 33.2. The van der Waals surface area contributed by atoms with E-state index < -0.39 is 4.92 Å². The lowest BCUT2D eigenvalue weighted by molar-refractivity contribution is -0.384. The van der Waals surface area contributed by atoms with Crippen LogP contribution in [0.4, 0.5) is 28.4 Å². The summed E-state index contributed by atoms with van der Waals surface area (Å²) >= 11 is 3.03. The van der Waals surface area contributed by atoms with Crippen molar-refractivity contribution >= 4 is 62.5 Å². The minimum Gasteiger partial charge on any atom is -0.397 e. The Labute approximate surface area is 252 Å². The Hall–Kier alpha value is -4.96. The lowest BCUT2D eigenvalue weighted by Gasteiger charge is -2.21. The fourth-order valence-corrected chi connectivity index (χ4v) is 4.44. The van der Waals surface area contributed by atoms with Gasteiger partial charge < -0.3 is 26.5 Å². The molecule has 3 aromatic rings. The van der Waals surface area contributed by atoms with Crippen LogP contribution < -0.4 is 21.7 Å². The van der Waals surface area contributed by atoms with Crippen molar-refractivity contribution in [3.8, 4) is 6.07 Å². The van der Waals surface area contributed by atoms with Crippen molar-refractivity contribution in [3.05, 3.63) is 85.9 Å². The van der Waals surface area contributed by atoms with Crippen LogP contribution in [0.1, 0.15) is 46.0 Å². The summed E-state index contributed by atoms with van der Waals surface area (Å²) in [6.45, 7) is 2.72. The van der Waals surface area contributed by atoms with Gasteiger partial charge in [-0.2, -0.15) is 5.26 Å². The van der Waals surface area contributed by atoms with Gasteiger partial charge in [0.05, 0.1) is 38.7 Å². The number of imide groups is 1. The van der Waals surface area contributed by atoms with Crippen LogP contribution in [-0.2, 0) is 4.79 Å². The molecule has 0 fully saturated rings. The lowest BCUT2D eigenvalue weighted by atomic mass is 10.1. The molecule has 42 heavy (non-hydrogen) atoms. The number of rotatable bonds is 8. The Balaban J connectivity index is 0.000000322. The zero-order chi connectivity index (χ0) is 31.4. The molecule has 1 heterocycles. The molecule has 1 aliphatic heterocycles. The number of nitrogens with two attached hydrogens (primary N) is 2. The standard InChI is InChI=1S/C20H24N4O2.C7H4BrN3O2.C2H4O/c1-22-18-13-14(9-10-17(18)21)23(2)11-5-6-12-24-19(25)15-7-3-4-8-16(15)20(24)26;8-6-2-5(11(12)13)1-4(3-9)7(6)10;1-2-3/h3-4,7-10,13,22H,5-6,11-12,21H2,1-2H3;1-2H,10H2;2H,1H3. The first-order valence-corrected chi connectivity index (χ1v) is 13.6. The number of nitrogens with one attached hydrogen (secondary N) is 1. The van der Waals surface area contributed by atoms with Crippen LogP contribution in [-0.4, -0.2) is 55.1 Å². The van der Waals surface area contributed by atoms with Crippen molar-refractivity contribution in [3.63, 3.8) is 0 Å². The molecule has 1 aliphatic rings. The van der Waals surface area contributed by atoms with Gasteiger partial charge in [0.2, 0.25) is 0 Å². The number of carbonyl (C=O) groups excluding carboxylic acids is 3. The Morgan fingerprint density at radius 3 is 2.21 bits per heavy atom. The summed E-state index contributed by atoms with van der Waals surface area (Å²) in [7, 11) is 3.87. The molecule has 2 amide bonds. The average Bonchev–Trinajstić information content (AvgIpc) is 3.22. The molecule has 13 heteroatoms. The van der Waals surface area contributed by atoms with Crippen LogP contribution in [0.3, 0.4) is 0 Å². The van der Waals surface area contributed by atoms with E-state index in [1.165, 1.54) is 17.9 Å². The Kier molecular flexibility index (Phi) is 12.5. The highest BCUT2D eigenvalue weighted by molar-refractivity contribution is 9.10. The number of aldehydes is 1. The highest BCUT2D eigenvalue weighted by atomic mass is 79.9. The predicted molar refractivity (Wildman–Crippen MR) is 166 cm³/mol. The van der Waals surface area contributed by atoms with Gasteiger partial charge in [0, 0.05) is 49.5 Å². The van der Waals surface area contributed by atoms with Gasteiger partial charge in [-0.15, -0.1) is 0 Å². The van der Waals surface area contributed by atoms with E-state index in [1.807, 2.05) is 32.3 Å². The second-order valence-corrected chi connectivity index (χ2v) is 9.81. The molecule has 3 aromatic carbocycles. The van der Waals surface area contributed by atoms with E-state index in [2.05, 4.69) is 26.1 Å². The van der Waals surface area contributed by atoms with Crippen molar-refractivity contribution in [1.82, 2.24) is 4.90 Å². The summed E-state index contributed by atoms with van der Waals surface area (Å²) in [6, 6.07) is 17.1. The van der Waals surface area contributed by atoms with Crippen molar-refractivity contribution in [2.45, 2.75) is 19.8 Å². The molecule has 0 radical (unpaired) electrons. The minimum atomic E-state index is -0.578. The SMILES string of the molecule is CC=O.CNc1cc(N(C)CCCCN2C(=O)c3ccccc3C2=O)ccc1N.N#Cc1cc([N+](=O)[O-])cc(Br)c1N. The smallest absolute Gasteiger partial charge is 0.272 e. The molecule has 5 N–H and O–H groups in total. The summed E-state index contributed by atoms with van der Waals surface area (Å²) < 4.78 is 0.359. The highest BCUT2D eigenvalue weighted by Gasteiger charge is 2.34. The van der Waals surface area contributed by atoms with Crippen molar-refractivity contribution < 1.29 is 19.3 Å². The van der Waals surface area contributed by atoms with Gasteiger partial charge in [0.25, 0.3) is 17.5 Å². The number of nitrogen functional groups attached to an aromatic ring is 2. The maximum atomic E-state index is 12.3. The summed E-state index contributed by atoms with van der Waals surface area (Å²) in [5, 5.41) is 22.0. The number of hydrogen-bond donors (Lipinski definition) is 3. The second-order valence-electron chi connectivity index (χ2n) is 8.95. The van der Waals surface area contributed by atoms with E-state index in [1.54, 1.807) is 30.3 Å². The number of non-ortho nitro benzene ring substituents is 1. The summed E-state index contributed by atoms with van der Waals surface area (Å²) in [4.78, 5) is 46.8. The van der Waals surface area contributed by atoms with Gasteiger partial charge in [-0.1, -0.05) is 12.1 Å². The van der Waals surface area contributed by atoms with E-state index in [0.717, 1.165) is 48.8 Å². The number of unbranched alkanes of at least 4 members (excludes halogenated alkanes) is 1. The van der Waals surface area contributed by atoms with Crippen molar-refractivity contribution in [1.29, 1.82) is 5.26 Å². The van der Waals surface area contributed by atoms with Crippen molar-refractivity contribution in [2.75, 3.05) is 48.9 Å². The molecule has 12 nitrogen and oxygen atoms in total. The molecule has 0 atom stereocenters. The zero-order valence-electron chi connectivity index (χ0n) is 23.5. The van der Waals surface area contributed by atoms with E-state index in [0.29, 0.717) is 22.1 Å². The number of benzene rings is 3. The van der Waals surface area contributed by atoms with Gasteiger partial charge in [-0.3, -0.25) is 24.6 Å². The molecular formula is C29H32BrN7O5. The highest BCUT2D eigenvalue weighted by Crippen LogP contribution is 2.28. The number of nitro benzene ring substituents is 1. The third kappa shape index (κ3) is 8.28. The van der Waals surface area contributed by atoms with Crippen LogP contribution in [0.25, 0.3) is 0 Å². The number of hydrogen-bond acceptors (Lipinski definition) is 10. The summed E-state index contributed by atoms with van der Waals surface area (Å²) in [5.74, 6) is -0.368. The van der Waals surface area contributed by atoms with Gasteiger partial charge >= 0.3 is 0 Å². The fourth-order valence-electron chi connectivity index (χ4n) is 3.99. The van der Waals surface area contributed by atoms with Gasteiger partial charge in [0.1, 0.15) is 12.4 Å². The number of anilines is 4. The maximum Gasteiger partial charge on any atom is 0.272 e. The number of nitro groups is 1. The first-order valence-electron chi connectivity index (χ1n) is 12.8. The average molecular weight is 639 g/mol. The van der Waals surface area contributed by atoms with Crippen LogP contribution in [0.5, 0.6) is 0 Å². The maximum absolute atomic E-state index is 12.3. The summed E-state index contributed by atoms with van der Waals surface area (Å²) in [5.41, 5.74) is 15.2. The number of fused-ring (bicyclic) bond motifs is 1. The predicted octanol–water partition coefficient (Wildman–Crippen LogP) is 4.84. The minimum absolute atomic E-state index is 0.0982. The number of nitriles is 1. The number of carbonyl (C=O) groups is 3.